The summed E-state index contributed by atoms with van der Waals surface area (Å²) in [4.78, 5) is 10.9. The fourth-order valence-electron chi connectivity index (χ4n) is 0.642. The summed E-state index contributed by atoms with van der Waals surface area (Å²) in [6, 6.07) is 5.13. The van der Waals surface area contributed by atoms with E-state index in [-0.39, 0.29) is 0 Å². The van der Waals surface area contributed by atoms with Gasteiger partial charge in [0.25, 0.3) is 0 Å². The summed E-state index contributed by atoms with van der Waals surface area (Å²) in [5.41, 5.74) is 0.451. The van der Waals surface area contributed by atoms with E-state index in [0.29, 0.717) is 21.8 Å². The second kappa shape index (κ2) is 3.08. The summed E-state index contributed by atoms with van der Waals surface area (Å²) in [5, 5.41) is 0.447. The molecule has 0 heterocycles. The molecule has 3 heteroatoms. The van der Waals surface area contributed by atoms with E-state index in [1.54, 1.807) is 18.2 Å². The molecule has 1 nitrogen and oxygen atoms in total. The molecule has 1 aromatic rings. The molecule has 1 rings (SSSR count). The van der Waals surface area contributed by atoms with Gasteiger partial charge in [0.05, 0.1) is 5.02 Å². The van der Waals surface area contributed by atoms with Crippen LogP contribution in [0, 0.1) is 0 Å². The van der Waals surface area contributed by atoms with E-state index in [1.807, 2.05) is 0 Å². The molecule has 10 heavy (non-hydrogen) atoms. The van der Waals surface area contributed by atoms with Crippen molar-refractivity contribution in [3.8, 4) is 0 Å². The summed E-state index contributed by atoms with van der Waals surface area (Å²) in [5.74, 6) is 0. The molecular formula is C7H5ClOS. The van der Waals surface area contributed by atoms with Crippen molar-refractivity contribution in [2.45, 2.75) is 4.90 Å². The normalized spacial score (nSPS) is 9.40. The number of carbonyl (C=O) groups excluding carboxylic acids is 1. The van der Waals surface area contributed by atoms with Crippen LogP contribution in [0.25, 0.3) is 0 Å². The van der Waals surface area contributed by atoms with Crippen molar-refractivity contribution < 1.29 is 4.79 Å². The molecule has 0 aliphatic rings. The van der Waals surface area contributed by atoms with E-state index in [2.05, 4.69) is 12.6 Å². The molecule has 0 spiro atoms. The smallest absolute Gasteiger partial charge is 0.152 e. The molecule has 0 radical (unpaired) electrons. The molecule has 0 bridgehead atoms. The standard InChI is InChI=1S/C7H5ClOS/c8-6-2-1-3-7(10)5(6)4-9/h1-4,10H. The molecule has 0 N–H and O–H groups in total. The van der Waals surface area contributed by atoms with Crippen LogP contribution in [-0.4, -0.2) is 6.29 Å². The number of thiol groups is 1. The largest absolute Gasteiger partial charge is 0.298 e. The molecule has 0 aromatic heterocycles. The maximum absolute atomic E-state index is 10.3. The number of aldehydes is 1. The lowest BCUT2D eigenvalue weighted by Crippen LogP contribution is -1.82. The Kier molecular flexibility index (Phi) is 2.35. The van der Waals surface area contributed by atoms with Gasteiger partial charge in [-0.2, -0.15) is 0 Å². The minimum Gasteiger partial charge on any atom is -0.298 e. The zero-order chi connectivity index (χ0) is 7.56. The summed E-state index contributed by atoms with van der Waals surface area (Å²) in [7, 11) is 0. The van der Waals surface area contributed by atoms with Crippen molar-refractivity contribution >= 4 is 30.5 Å². The van der Waals surface area contributed by atoms with E-state index in [0.717, 1.165) is 0 Å². The fourth-order valence-corrected chi connectivity index (χ4v) is 1.19. The molecule has 0 fully saturated rings. The van der Waals surface area contributed by atoms with Crippen LogP contribution in [0.2, 0.25) is 5.02 Å². The van der Waals surface area contributed by atoms with Crippen LogP contribution in [0.3, 0.4) is 0 Å². The molecule has 0 aliphatic carbocycles. The highest BCUT2D eigenvalue weighted by molar-refractivity contribution is 7.80. The van der Waals surface area contributed by atoms with Crippen LogP contribution < -0.4 is 0 Å². The van der Waals surface area contributed by atoms with E-state index < -0.39 is 0 Å². The highest BCUT2D eigenvalue weighted by atomic mass is 35.5. The van der Waals surface area contributed by atoms with E-state index in [9.17, 15) is 4.79 Å². The molecule has 0 atom stereocenters. The minimum atomic E-state index is 0.447. The molecule has 0 saturated heterocycles. The Morgan fingerprint density at radius 2 is 2.20 bits per heavy atom. The first kappa shape index (κ1) is 7.63. The number of hydrogen-bond acceptors (Lipinski definition) is 2. The van der Waals surface area contributed by atoms with Crippen LogP contribution in [0.5, 0.6) is 0 Å². The Balaban J connectivity index is 3.30. The zero-order valence-electron chi connectivity index (χ0n) is 5.04. The quantitative estimate of drug-likeness (QED) is 0.509. The number of halogens is 1. The molecule has 0 unspecified atom stereocenters. The third-order valence-electron chi connectivity index (χ3n) is 1.15. The van der Waals surface area contributed by atoms with E-state index >= 15 is 0 Å². The lowest BCUT2D eigenvalue weighted by molar-refractivity contribution is 0.112. The number of carbonyl (C=O) groups is 1. The maximum Gasteiger partial charge on any atom is 0.152 e. The number of rotatable bonds is 1. The third-order valence-corrected chi connectivity index (χ3v) is 1.87. The van der Waals surface area contributed by atoms with Gasteiger partial charge in [-0.1, -0.05) is 17.7 Å². The van der Waals surface area contributed by atoms with Crippen molar-refractivity contribution in [3.63, 3.8) is 0 Å². The zero-order valence-corrected chi connectivity index (χ0v) is 6.69. The molecule has 0 saturated carbocycles. The first-order valence-electron chi connectivity index (χ1n) is 2.68. The predicted octanol–water partition coefficient (Wildman–Crippen LogP) is 2.44. The van der Waals surface area contributed by atoms with Crippen molar-refractivity contribution in [2.75, 3.05) is 0 Å². The Hall–Kier alpha value is -0.470. The van der Waals surface area contributed by atoms with Gasteiger partial charge in [-0.15, -0.1) is 12.6 Å². The minimum absolute atomic E-state index is 0.447. The average molecular weight is 173 g/mol. The Labute approximate surface area is 69.4 Å². The molecule has 52 valence electrons. The van der Waals surface area contributed by atoms with Crippen LogP contribution in [0.15, 0.2) is 23.1 Å². The first-order chi connectivity index (χ1) is 4.75. The van der Waals surface area contributed by atoms with Crippen LogP contribution >= 0.6 is 24.2 Å². The van der Waals surface area contributed by atoms with Crippen molar-refractivity contribution in [1.29, 1.82) is 0 Å². The van der Waals surface area contributed by atoms with Gasteiger partial charge >= 0.3 is 0 Å². The summed E-state index contributed by atoms with van der Waals surface area (Å²) in [6.45, 7) is 0. The lowest BCUT2D eigenvalue weighted by Gasteiger charge is -1.96. The van der Waals surface area contributed by atoms with Gasteiger partial charge in [-0.3, -0.25) is 4.79 Å². The Morgan fingerprint density at radius 3 is 2.60 bits per heavy atom. The second-order valence-electron chi connectivity index (χ2n) is 1.79. The van der Waals surface area contributed by atoms with Crippen molar-refractivity contribution in [1.82, 2.24) is 0 Å². The van der Waals surface area contributed by atoms with Gasteiger partial charge in [0, 0.05) is 10.5 Å². The van der Waals surface area contributed by atoms with Crippen molar-refractivity contribution in [2.24, 2.45) is 0 Å². The second-order valence-corrected chi connectivity index (χ2v) is 2.68. The van der Waals surface area contributed by atoms with Gasteiger partial charge in [0.15, 0.2) is 6.29 Å². The monoisotopic (exact) mass is 172 g/mol. The van der Waals surface area contributed by atoms with Gasteiger partial charge in [-0.25, -0.2) is 0 Å². The maximum atomic E-state index is 10.3. The van der Waals surface area contributed by atoms with E-state index in [1.165, 1.54) is 0 Å². The highest BCUT2D eigenvalue weighted by Crippen LogP contribution is 2.20. The van der Waals surface area contributed by atoms with Crippen molar-refractivity contribution in [3.05, 3.63) is 28.8 Å². The molecule has 1 aromatic carbocycles. The van der Waals surface area contributed by atoms with Gasteiger partial charge < -0.3 is 0 Å². The first-order valence-corrected chi connectivity index (χ1v) is 3.51. The number of hydrogen-bond donors (Lipinski definition) is 1. The lowest BCUT2D eigenvalue weighted by atomic mass is 10.2. The molecule has 0 amide bonds. The van der Waals surface area contributed by atoms with Gasteiger partial charge in [-0.05, 0) is 12.1 Å². The fraction of sp³-hybridized carbons (Fsp3) is 0. The summed E-state index contributed by atoms with van der Waals surface area (Å²) < 4.78 is 0. The number of benzene rings is 1. The summed E-state index contributed by atoms with van der Waals surface area (Å²) >= 11 is 9.68. The summed E-state index contributed by atoms with van der Waals surface area (Å²) in [6.07, 6.45) is 0.699. The molecular weight excluding hydrogens is 168 g/mol. The van der Waals surface area contributed by atoms with Gasteiger partial charge in [0.1, 0.15) is 0 Å². The average Bonchev–Trinajstić information content (AvgIpc) is 1.88. The van der Waals surface area contributed by atoms with Crippen LogP contribution in [-0.2, 0) is 0 Å². The van der Waals surface area contributed by atoms with Crippen LogP contribution in [0.1, 0.15) is 10.4 Å². The van der Waals surface area contributed by atoms with Crippen LogP contribution in [0.4, 0.5) is 0 Å². The predicted molar refractivity (Wildman–Crippen MR) is 44.1 cm³/mol. The molecule has 0 aliphatic heterocycles. The SMILES string of the molecule is O=Cc1c(S)cccc1Cl. The van der Waals surface area contributed by atoms with E-state index in [4.69, 9.17) is 11.6 Å². The van der Waals surface area contributed by atoms with Gasteiger partial charge in [0.2, 0.25) is 0 Å². The Morgan fingerprint density at radius 1 is 1.50 bits per heavy atom. The third kappa shape index (κ3) is 1.33. The highest BCUT2D eigenvalue weighted by Gasteiger charge is 2.00. The topological polar surface area (TPSA) is 17.1 Å². The Bertz CT molecular complexity index is 240.